The lowest BCUT2D eigenvalue weighted by molar-refractivity contribution is 0.935. The summed E-state index contributed by atoms with van der Waals surface area (Å²) in [5, 5.41) is 0.482. The summed E-state index contributed by atoms with van der Waals surface area (Å²) in [7, 11) is 0. The molecule has 3 aromatic rings. The van der Waals surface area contributed by atoms with E-state index in [2.05, 4.69) is 15.0 Å². The first-order valence-corrected chi connectivity index (χ1v) is 5.98. The molecule has 0 fully saturated rings. The van der Waals surface area contributed by atoms with Crippen LogP contribution in [0, 0.1) is 13.8 Å². The van der Waals surface area contributed by atoms with Crippen LogP contribution in [0.3, 0.4) is 0 Å². The second-order valence-corrected chi connectivity index (χ2v) is 4.47. The van der Waals surface area contributed by atoms with Crippen LogP contribution < -0.4 is 0 Å². The van der Waals surface area contributed by atoms with Crippen molar-refractivity contribution in [2.24, 2.45) is 0 Å². The molecule has 0 aliphatic rings. The minimum atomic E-state index is 0.482. The molecule has 0 bridgehead atoms. The molecule has 0 saturated heterocycles. The average Bonchev–Trinajstić information content (AvgIpc) is 2.77. The Balaban J connectivity index is 2.33. The van der Waals surface area contributed by atoms with Crippen LogP contribution in [0.1, 0.15) is 11.4 Å². The molecule has 18 heavy (non-hydrogen) atoms. The van der Waals surface area contributed by atoms with Crippen molar-refractivity contribution in [3.8, 4) is 5.82 Å². The van der Waals surface area contributed by atoms with Crippen LogP contribution in [-0.2, 0) is 0 Å². The van der Waals surface area contributed by atoms with Gasteiger partial charge in [0.25, 0.3) is 0 Å². The van der Waals surface area contributed by atoms with Crippen molar-refractivity contribution in [2.75, 3.05) is 0 Å². The predicted octanol–water partition coefficient (Wildman–Crippen LogP) is 3.09. The number of halogens is 1. The van der Waals surface area contributed by atoms with E-state index in [-0.39, 0.29) is 0 Å². The van der Waals surface area contributed by atoms with E-state index in [1.807, 2.05) is 42.7 Å². The zero-order valence-corrected chi connectivity index (χ0v) is 10.8. The van der Waals surface area contributed by atoms with E-state index in [1.165, 1.54) is 0 Å². The first-order valence-electron chi connectivity index (χ1n) is 5.60. The maximum Gasteiger partial charge on any atom is 0.146 e. The van der Waals surface area contributed by atoms with Gasteiger partial charge in [-0.15, -0.1) is 0 Å². The number of aryl methyl sites for hydroxylation is 1. The molecule has 0 atom stereocenters. The van der Waals surface area contributed by atoms with Gasteiger partial charge in [-0.25, -0.2) is 15.0 Å². The average molecular weight is 259 g/mol. The summed E-state index contributed by atoms with van der Waals surface area (Å²) in [6.45, 7) is 3.74. The van der Waals surface area contributed by atoms with Gasteiger partial charge in [-0.3, -0.25) is 4.57 Å². The maximum absolute atomic E-state index is 6.10. The first kappa shape index (κ1) is 11.2. The van der Waals surface area contributed by atoms with Crippen LogP contribution >= 0.6 is 11.6 Å². The number of benzene rings is 1. The van der Waals surface area contributed by atoms with Crippen LogP contribution in [0.25, 0.3) is 16.9 Å². The third kappa shape index (κ3) is 1.66. The molecular weight excluding hydrogens is 248 g/mol. The smallest absolute Gasteiger partial charge is 0.146 e. The van der Waals surface area contributed by atoms with Gasteiger partial charge in [-0.2, -0.15) is 0 Å². The van der Waals surface area contributed by atoms with Crippen molar-refractivity contribution < 1.29 is 0 Å². The number of hydrogen-bond acceptors (Lipinski definition) is 3. The lowest BCUT2D eigenvalue weighted by Gasteiger charge is -2.08. The van der Waals surface area contributed by atoms with Crippen molar-refractivity contribution in [1.29, 1.82) is 0 Å². The van der Waals surface area contributed by atoms with E-state index < -0.39 is 0 Å². The Morgan fingerprint density at radius 3 is 2.72 bits per heavy atom. The number of fused-ring (bicyclic) bond motifs is 1. The minimum Gasteiger partial charge on any atom is -0.283 e. The van der Waals surface area contributed by atoms with Crippen LogP contribution in [0.4, 0.5) is 0 Å². The predicted molar refractivity (Wildman–Crippen MR) is 71.1 cm³/mol. The standard InChI is InChI=1S/C13H11ClN4/c1-8-12(14)16-9(2)17-13(8)18-7-15-10-5-3-4-6-11(10)18/h3-7H,1-2H3. The summed E-state index contributed by atoms with van der Waals surface area (Å²) in [4.78, 5) is 13.0. The first-order chi connectivity index (χ1) is 8.66. The maximum atomic E-state index is 6.10. The Hall–Kier alpha value is -1.94. The molecule has 5 heteroatoms. The molecule has 3 rings (SSSR count). The Labute approximate surface area is 109 Å². The normalized spacial score (nSPS) is 11.1. The number of rotatable bonds is 1. The third-order valence-electron chi connectivity index (χ3n) is 2.85. The van der Waals surface area contributed by atoms with Gasteiger partial charge in [0.15, 0.2) is 0 Å². The van der Waals surface area contributed by atoms with Crippen molar-refractivity contribution in [3.05, 3.63) is 47.1 Å². The highest BCUT2D eigenvalue weighted by atomic mass is 35.5. The molecule has 0 saturated carbocycles. The monoisotopic (exact) mass is 258 g/mol. The summed E-state index contributed by atoms with van der Waals surface area (Å²) in [5.41, 5.74) is 2.80. The van der Waals surface area contributed by atoms with Crippen LogP contribution in [0.5, 0.6) is 0 Å². The fraction of sp³-hybridized carbons (Fsp3) is 0.154. The second-order valence-electron chi connectivity index (χ2n) is 4.11. The number of hydrogen-bond donors (Lipinski definition) is 0. The highest BCUT2D eigenvalue weighted by molar-refractivity contribution is 6.30. The molecule has 0 amide bonds. The topological polar surface area (TPSA) is 43.6 Å². The third-order valence-corrected chi connectivity index (χ3v) is 3.22. The zero-order chi connectivity index (χ0) is 12.7. The number of para-hydroxylation sites is 2. The van der Waals surface area contributed by atoms with Crippen LogP contribution in [-0.4, -0.2) is 19.5 Å². The van der Waals surface area contributed by atoms with E-state index in [1.54, 1.807) is 6.33 Å². The molecule has 2 aromatic heterocycles. The van der Waals surface area contributed by atoms with E-state index in [0.717, 1.165) is 22.4 Å². The SMILES string of the molecule is Cc1nc(Cl)c(C)c(-n2cnc3ccccc32)n1. The second kappa shape index (κ2) is 4.07. The number of imidazole rings is 1. The van der Waals surface area contributed by atoms with E-state index in [4.69, 9.17) is 11.6 Å². The van der Waals surface area contributed by atoms with Crippen molar-refractivity contribution in [1.82, 2.24) is 19.5 Å². The van der Waals surface area contributed by atoms with E-state index >= 15 is 0 Å². The lowest BCUT2D eigenvalue weighted by Crippen LogP contribution is -2.03. The molecule has 4 nitrogen and oxygen atoms in total. The summed E-state index contributed by atoms with van der Waals surface area (Å²) >= 11 is 6.10. The number of nitrogens with zero attached hydrogens (tertiary/aromatic N) is 4. The highest BCUT2D eigenvalue weighted by Crippen LogP contribution is 2.22. The van der Waals surface area contributed by atoms with Gasteiger partial charge in [-0.05, 0) is 26.0 Å². The molecule has 0 aliphatic heterocycles. The fourth-order valence-corrected chi connectivity index (χ4v) is 2.15. The van der Waals surface area contributed by atoms with Crippen molar-refractivity contribution in [3.63, 3.8) is 0 Å². The molecule has 0 aliphatic carbocycles. The Morgan fingerprint density at radius 2 is 1.89 bits per heavy atom. The van der Waals surface area contributed by atoms with Gasteiger partial charge >= 0.3 is 0 Å². The summed E-state index contributed by atoms with van der Waals surface area (Å²) < 4.78 is 1.94. The van der Waals surface area contributed by atoms with Gasteiger partial charge in [0.1, 0.15) is 23.1 Å². The van der Waals surface area contributed by atoms with Crippen molar-refractivity contribution in [2.45, 2.75) is 13.8 Å². The van der Waals surface area contributed by atoms with Crippen molar-refractivity contribution >= 4 is 22.6 Å². The van der Waals surface area contributed by atoms with Gasteiger partial charge < -0.3 is 0 Å². The zero-order valence-electron chi connectivity index (χ0n) is 10.1. The van der Waals surface area contributed by atoms with E-state index in [0.29, 0.717) is 11.0 Å². The van der Waals surface area contributed by atoms with Gasteiger partial charge in [0, 0.05) is 5.56 Å². The minimum absolute atomic E-state index is 0.482. The lowest BCUT2D eigenvalue weighted by atomic mass is 10.3. The Morgan fingerprint density at radius 1 is 1.11 bits per heavy atom. The molecule has 2 heterocycles. The van der Waals surface area contributed by atoms with Gasteiger partial charge in [-0.1, -0.05) is 23.7 Å². The Bertz CT molecular complexity index is 733. The number of aromatic nitrogens is 4. The Kier molecular flexibility index (Phi) is 2.52. The largest absolute Gasteiger partial charge is 0.283 e. The molecule has 0 N–H and O–H groups in total. The fourth-order valence-electron chi connectivity index (χ4n) is 1.94. The molecule has 0 radical (unpaired) electrons. The van der Waals surface area contributed by atoms with E-state index in [9.17, 15) is 0 Å². The quantitative estimate of drug-likeness (QED) is 0.630. The molecular formula is C13H11ClN4. The summed E-state index contributed by atoms with van der Waals surface area (Å²) in [6, 6.07) is 7.92. The summed E-state index contributed by atoms with van der Waals surface area (Å²) in [6.07, 6.45) is 1.76. The van der Waals surface area contributed by atoms with Gasteiger partial charge in [0.05, 0.1) is 11.0 Å². The molecule has 0 spiro atoms. The highest BCUT2D eigenvalue weighted by Gasteiger charge is 2.11. The van der Waals surface area contributed by atoms with Crippen LogP contribution in [0.2, 0.25) is 5.15 Å². The van der Waals surface area contributed by atoms with Crippen LogP contribution in [0.15, 0.2) is 30.6 Å². The van der Waals surface area contributed by atoms with Gasteiger partial charge in [0.2, 0.25) is 0 Å². The molecule has 1 aromatic carbocycles. The molecule has 90 valence electrons. The summed E-state index contributed by atoms with van der Waals surface area (Å²) in [5.74, 6) is 1.43. The molecule has 0 unspecified atom stereocenters.